The molecule has 0 spiro atoms. The van der Waals surface area contributed by atoms with E-state index < -0.39 is 17.1 Å². The van der Waals surface area contributed by atoms with Crippen molar-refractivity contribution in [2.24, 2.45) is 0 Å². The molecule has 1 amide bonds. The number of benzene rings is 1. The van der Waals surface area contributed by atoms with E-state index in [0.29, 0.717) is 21.6 Å². The average molecular weight is 432 g/mol. The Morgan fingerprint density at radius 1 is 1.31 bits per heavy atom. The fourth-order valence-electron chi connectivity index (χ4n) is 2.56. The number of halogens is 1. The highest BCUT2D eigenvalue weighted by molar-refractivity contribution is 9.10. The van der Waals surface area contributed by atoms with Gasteiger partial charge in [0.25, 0.3) is 11.5 Å². The number of rotatable bonds is 2. The maximum atomic E-state index is 12.6. The number of carbonyl (C=O) groups is 1. The molecule has 0 saturated carbocycles. The number of aryl methyl sites for hydroxylation is 1. The van der Waals surface area contributed by atoms with Gasteiger partial charge in [-0.2, -0.15) is 0 Å². The third kappa shape index (κ3) is 2.74. The Balaban J connectivity index is 1.80. The Kier molecular flexibility index (Phi) is 3.97. The third-order valence-corrected chi connectivity index (χ3v) is 5.07. The van der Waals surface area contributed by atoms with E-state index in [-0.39, 0.29) is 11.3 Å². The van der Waals surface area contributed by atoms with Crippen LogP contribution in [0.15, 0.2) is 54.3 Å². The van der Waals surface area contributed by atoms with Crippen molar-refractivity contribution >= 4 is 54.8 Å². The summed E-state index contributed by atoms with van der Waals surface area (Å²) in [4.78, 5) is 42.1. The van der Waals surface area contributed by atoms with Gasteiger partial charge in [0, 0.05) is 21.4 Å². The van der Waals surface area contributed by atoms with Gasteiger partial charge in [-0.15, -0.1) is 11.3 Å². The predicted octanol–water partition coefficient (Wildman–Crippen LogP) is 3.19. The maximum Gasteiger partial charge on any atom is 0.349 e. The van der Waals surface area contributed by atoms with Crippen molar-refractivity contribution in [3.05, 3.63) is 72.3 Å². The first kappa shape index (κ1) is 16.7. The molecule has 9 heteroatoms. The molecule has 4 rings (SSSR count). The molecule has 130 valence electrons. The number of amides is 1. The largest absolute Gasteiger partial charge is 0.422 e. The molecule has 0 fully saturated rings. The van der Waals surface area contributed by atoms with Gasteiger partial charge in [-0.1, -0.05) is 15.9 Å². The van der Waals surface area contributed by atoms with E-state index in [1.54, 1.807) is 36.7 Å². The number of thiazole rings is 1. The Labute approximate surface area is 158 Å². The molecule has 3 heterocycles. The van der Waals surface area contributed by atoms with Crippen molar-refractivity contribution in [2.45, 2.75) is 6.92 Å². The number of aromatic nitrogens is 2. The summed E-state index contributed by atoms with van der Waals surface area (Å²) in [7, 11) is 0. The van der Waals surface area contributed by atoms with Gasteiger partial charge in [0.1, 0.15) is 16.8 Å². The van der Waals surface area contributed by atoms with Crippen molar-refractivity contribution in [3.63, 3.8) is 0 Å². The second-order valence-electron chi connectivity index (χ2n) is 5.52. The van der Waals surface area contributed by atoms with E-state index in [1.165, 1.54) is 21.8 Å². The second-order valence-corrected chi connectivity index (χ2v) is 7.31. The standard InChI is InChI=1S/C17H10BrN3O4S/c1-8-13(15(23)21-4-5-26-17(21)19-8)20-14(22)11-7-9-6-10(18)2-3-12(9)25-16(11)24/h2-7H,1H3,(H,20,22). The predicted molar refractivity (Wildman–Crippen MR) is 102 cm³/mol. The molecule has 7 nitrogen and oxygen atoms in total. The highest BCUT2D eigenvalue weighted by Gasteiger charge is 2.18. The molecular weight excluding hydrogens is 422 g/mol. The average Bonchev–Trinajstić information content (AvgIpc) is 3.06. The zero-order valence-electron chi connectivity index (χ0n) is 13.3. The van der Waals surface area contributed by atoms with E-state index in [1.807, 2.05) is 0 Å². The lowest BCUT2D eigenvalue weighted by Crippen LogP contribution is -2.27. The first-order chi connectivity index (χ1) is 12.4. The summed E-state index contributed by atoms with van der Waals surface area (Å²) in [6, 6.07) is 6.53. The Morgan fingerprint density at radius 2 is 2.12 bits per heavy atom. The van der Waals surface area contributed by atoms with Gasteiger partial charge in [-0.05, 0) is 31.2 Å². The molecule has 26 heavy (non-hydrogen) atoms. The molecule has 1 aromatic carbocycles. The molecule has 4 aromatic rings. The van der Waals surface area contributed by atoms with Crippen LogP contribution in [0.3, 0.4) is 0 Å². The van der Waals surface area contributed by atoms with E-state index in [2.05, 4.69) is 26.2 Å². The summed E-state index contributed by atoms with van der Waals surface area (Å²) in [5.74, 6) is -0.724. The van der Waals surface area contributed by atoms with Crippen LogP contribution in [-0.4, -0.2) is 15.3 Å². The van der Waals surface area contributed by atoms with Gasteiger partial charge < -0.3 is 9.73 Å². The van der Waals surface area contributed by atoms with E-state index in [9.17, 15) is 14.4 Å². The minimum absolute atomic E-state index is 0.0274. The number of anilines is 1. The zero-order valence-corrected chi connectivity index (χ0v) is 15.7. The molecule has 0 saturated heterocycles. The van der Waals surface area contributed by atoms with Crippen LogP contribution >= 0.6 is 27.3 Å². The number of hydrogen-bond acceptors (Lipinski definition) is 6. The lowest BCUT2D eigenvalue weighted by Gasteiger charge is -2.07. The molecule has 0 radical (unpaired) electrons. The second kappa shape index (κ2) is 6.19. The van der Waals surface area contributed by atoms with E-state index >= 15 is 0 Å². The Morgan fingerprint density at radius 3 is 2.92 bits per heavy atom. The minimum Gasteiger partial charge on any atom is -0.422 e. The highest BCUT2D eigenvalue weighted by atomic mass is 79.9. The quantitative estimate of drug-likeness (QED) is 0.491. The summed E-state index contributed by atoms with van der Waals surface area (Å²) >= 11 is 4.65. The molecule has 1 N–H and O–H groups in total. The Hall–Kier alpha value is -2.78. The van der Waals surface area contributed by atoms with Crippen LogP contribution < -0.4 is 16.5 Å². The molecule has 0 aliphatic rings. The first-order valence-corrected chi connectivity index (χ1v) is 9.12. The summed E-state index contributed by atoms with van der Waals surface area (Å²) in [5, 5.41) is 4.81. The maximum absolute atomic E-state index is 12.6. The molecule has 0 bridgehead atoms. The van der Waals surface area contributed by atoms with Crippen molar-refractivity contribution in [2.75, 3.05) is 5.32 Å². The van der Waals surface area contributed by atoms with Crippen molar-refractivity contribution in [1.82, 2.24) is 9.38 Å². The number of hydrogen-bond donors (Lipinski definition) is 1. The van der Waals surface area contributed by atoms with Gasteiger partial charge in [-0.3, -0.25) is 14.0 Å². The minimum atomic E-state index is -0.778. The highest BCUT2D eigenvalue weighted by Crippen LogP contribution is 2.20. The van der Waals surface area contributed by atoms with Crippen LogP contribution in [0.4, 0.5) is 5.69 Å². The van der Waals surface area contributed by atoms with E-state index in [4.69, 9.17) is 4.42 Å². The molecule has 3 aromatic heterocycles. The summed E-state index contributed by atoms with van der Waals surface area (Å²) in [5.41, 5.74) is -0.606. The normalized spacial score (nSPS) is 11.2. The fourth-order valence-corrected chi connectivity index (χ4v) is 3.69. The van der Waals surface area contributed by atoms with Gasteiger partial charge in [-0.25, -0.2) is 9.78 Å². The number of nitrogens with zero attached hydrogens (tertiary/aromatic N) is 2. The topological polar surface area (TPSA) is 93.7 Å². The molecule has 0 aliphatic heterocycles. The van der Waals surface area contributed by atoms with Gasteiger partial charge in [0.05, 0.1) is 5.69 Å². The van der Waals surface area contributed by atoms with Crippen molar-refractivity contribution in [3.8, 4) is 0 Å². The first-order valence-electron chi connectivity index (χ1n) is 7.45. The van der Waals surface area contributed by atoms with Gasteiger partial charge in [0.15, 0.2) is 4.96 Å². The van der Waals surface area contributed by atoms with Crippen LogP contribution in [0, 0.1) is 6.92 Å². The number of nitrogens with one attached hydrogen (secondary N) is 1. The van der Waals surface area contributed by atoms with Crippen LogP contribution in [-0.2, 0) is 0 Å². The van der Waals surface area contributed by atoms with Crippen molar-refractivity contribution < 1.29 is 9.21 Å². The smallest absolute Gasteiger partial charge is 0.349 e. The molecule has 0 unspecified atom stereocenters. The number of carbonyl (C=O) groups excluding carboxylic acids is 1. The van der Waals surface area contributed by atoms with E-state index in [0.717, 1.165) is 4.47 Å². The molecular formula is C17H10BrN3O4S. The van der Waals surface area contributed by atoms with Gasteiger partial charge in [0.2, 0.25) is 0 Å². The fraction of sp³-hybridized carbons (Fsp3) is 0.0588. The lowest BCUT2D eigenvalue weighted by atomic mass is 10.1. The van der Waals surface area contributed by atoms with Crippen LogP contribution in [0.25, 0.3) is 15.9 Å². The summed E-state index contributed by atoms with van der Waals surface area (Å²) in [6.45, 7) is 1.62. The zero-order chi connectivity index (χ0) is 18.4. The summed E-state index contributed by atoms with van der Waals surface area (Å²) < 4.78 is 7.31. The van der Waals surface area contributed by atoms with Gasteiger partial charge >= 0.3 is 5.63 Å². The van der Waals surface area contributed by atoms with Crippen molar-refractivity contribution in [1.29, 1.82) is 0 Å². The van der Waals surface area contributed by atoms with Crippen LogP contribution in [0.5, 0.6) is 0 Å². The lowest BCUT2D eigenvalue weighted by molar-refractivity contribution is 0.102. The SMILES string of the molecule is Cc1nc2sccn2c(=O)c1NC(=O)c1cc2cc(Br)ccc2oc1=O. The van der Waals surface area contributed by atoms with Crippen LogP contribution in [0.2, 0.25) is 0 Å². The Bertz CT molecular complexity index is 1310. The van der Waals surface area contributed by atoms with Crippen LogP contribution in [0.1, 0.15) is 16.1 Å². The molecule has 0 atom stereocenters. The monoisotopic (exact) mass is 431 g/mol. The third-order valence-electron chi connectivity index (χ3n) is 3.82. The molecule has 0 aliphatic carbocycles. The number of fused-ring (bicyclic) bond motifs is 2. The summed E-state index contributed by atoms with van der Waals surface area (Å²) in [6.07, 6.45) is 1.58.